The topological polar surface area (TPSA) is 80.3 Å². The van der Waals surface area contributed by atoms with Crippen LogP contribution in [0.4, 0.5) is 11.4 Å². The number of benzene rings is 2. The number of hydrogen-bond donors (Lipinski definition) is 2. The van der Waals surface area contributed by atoms with Gasteiger partial charge in [-0.05, 0) is 70.5 Å². The quantitative estimate of drug-likeness (QED) is 0.636. The third-order valence-corrected chi connectivity index (χ3v) is 4.43. The summed E-state index contributed by atoms with van der Waals surface area (Å²) in [5.74, 6) is 0.0514. The van der Waals surface area contributed by atoms with E-state index in [4.69, 9.17) is 4.74 Å². The lowest BCUT2D eigenvalue weighted by Gasteiger charge is -2.09. The van der Waals surface area contributed by atoms with E-state index in [0.717, 1.165) is 0 Å². The molecule has 136 valence electrons. The van der Waals surface area contributed by atoms with Gasteiger partial charge in [-0.25, -0.2) is 0 Å². The Hall–Kier alpha value is -3.19. The average Bonchev–Trinajstić information content (AvgIpc) is 2.69. The highest BCUT2D eigenvalue weighted by atomic mass is 79.9. The van der Waals surface area contributed by atoms with Gasteiger partial charge in [-0.1, -0.05) is 0 Å². The number of amides is 2. The lowest BCUT2D eigenvalue weighted by atomic mass is 10.1. The Morgan fingerprint density at radius 1 is 0.963 bits per heavy atom. The molecule has 1 aromatic heterocycles. The lowest BCUT2D eigenvalue weighted by Crippen LogP contribution is -2.14. The Morgan fingerprint density at radius 3 is 2.37 bits per heavy atom. The zero-order valence-electron chi connectivity index (χ0n) is 14.4. The minimum atomic E-state index is -0.284. The summed E-state index contributed by atoms with van der Waals surface area (Å²) in [6.45, 7) is 0. The number of anilines is 2. The second-order valence-electron chi connectivity index (χ2n) is 5.57. The van der Waals surface area contributed by atoms with Crippen molar-refractivity contribution < 1.29 is 14.3 Å². The number of pyridine rings is 1. The second kappa shape index (κ2) is 8.46. The van der Waals surface area contributed by atoms with E-state index in [2.05, 4.69) is 31.5 Å². The SMILES string of the molecule is COc1ccc(Br)c(C(=O)Nc2ccc(C(=O)Nc3cccnc3)cc2)c1. The molecule has 0 unspecified atom stereocenters. The molecule has 27 heavy (non-hydrogen) atoms. The number of methoxy groups -OCH3 is 1. The first kappa shape index (κ1) is 18.6. The van der Waals surface area contributed by atoms with Crippen molar-refractivity contribution in [2.45, 2.75) is 0 Å². The Kier molecular flexibility index (Phi) is 5.83. The van der Waals surface area contributed by atoms with Gasteiger partial charge in [0.25, 0.3) is 11.8 Å². The molecule has 0 atom stereocenters. The Morgan fingerprint density at radius 2 is 1.70 bits per heavy atom. The standard InChI is InChI=1S/C20H16BrN3O3/c1-27-16-8-9-18(21)17(11-16)20(26)23-14-6-4-13(5-7-14)19(25)24-15-3-2-10-22-12-15/h2-12H,1H3,(H,23,26)(H,24,25). The minimum Gasteiger partial charge on any atom is -0.497 e. The van der Waals surface area contributed by atoms with E-state index < -0.39 is 0 Å². The van der Waals surface area contributed by atoms with Gasteiger partial charge in [0.05, 0.1) is 24.6 Å². The first-order valence-corrected chi connectivity index (χ1v) is 8.82. The van der Waals surface area contributed by atoms with Gasteiger partial charge in [0, 0.05) is 21.9 Å². The number of halogens is 1. The van der Waals surface area contributed by atoms with Crippen molar-refractivity contribution in [1.82, 2.24) is 4.98 Å². The van der Waals surface area contributed by atoms with Crippen molar-refractivity contribution in [3.8, 4) is 5.75 Å². The molecule has 0 saturated carbocycles. The monoisotopic (exact) mass is 425 g/mol. The van der Waals surface area contributed by atoms with Crippen LogP contribution in [-0.4, -0.2) is 23.9 Å². The van der Waals surface area contributed by atoms with Gasteiger partial charge in [0.1, 0.15) is 5.75 Å². The fraction of sp³-hybridized carbons (Fsp3) is 0.0500. The van der Waals surface area contributed by atoms with Gasteiger partial charge in [-0.15, -0.1) is 0 Å². The first-order chi connectivity index (χ1) is 13.1. The molecule has 0 fully saturated rings. The molecule has 3 aromatic rings. The molecule has 0 aliphatic heterocycles. The molecule has 0 bridgehead atoms. The molecule has 1 heterocycles. The van der Waals surface area contributed by atoms with Crippen LogP contribution in [0.2, 0.25) is 0 Å². The third-order valence-electron chi connectivity index (χ3n) is 3.74. The van der Waals surface area contributed by atoms with Gasteiger partial charge in [-0.2, -0.15) is 0 Å². The molecule has 0 aliphatic rings. The van der Waals surface area contributed by atoms with Crippen molar-refractivity contribution in [2.24, 2.45) is 0 Å². The van der Waals surface area contributed by atoms with Crippen LogP contribution in [0.1, 0.15) is 20.7 Å². The maximum absolute atomic E-state index is 12.5. The summed E-state index contributed by atoms with van der Waals surface area (Å²) in [6, 6.07) is 15.3. The number of hydrogen-bond acceptors (Lipinski definition) is 4. The maximum atomic E-state index is 12.5. The summed E-state index contributed by atoms with van der Waals surface area (Å²) in [6.07, 6.45) is 3.20. The Balaban J connectivity index is 1.69. The van der Waals surface area contributed by atoms with Crippen molar-refractivity contribution in [3.05, 3.63) is 82.6 Å². The molecule has 0 radical (unpaired) electrons. The number of nitrogens with zero attached hydrogens (tertiary/aromatic N) is 1. The highest BCUT2D eigenvalue weighted by molar-refractivity contribution is 9.10. The predicted molar refractivity (Wildman–Crippen MR) is 107 cm³/mol. The highest BCUT2D eigenvalue weighted by Gasteiger charge is 2.12. The molecular formula is C20H16BrN3O3. The number of aromatic nitrogens is 1. The molecular weight excluding hydrogens is 410 g/mol. The summed E-state index contributed by atoms with van der Waals surface area (Å²) in [4.78, 5) is 28.7. The molecule has 0 saturated heterocycles. The Bertz CT molecular complexity index is 960. The van der Waals surface area contributed by atoms with Crippen LogP contribution in [0.15, 0.2) is 71.5 Å². The van der Waals surface area contributed by atoms with E-state index in [0.29, 0.717) is 32.7 Å². The fourth-order valence-corrected chi connectivity index (χ4v) is 2.78. The van der Waals surface area contributed by atoms with Crippen LogP contribution in [0.3, 0.4) is 0 Å². The molecule has 2 N–H and O–H groups in total. The van der Waals surface area contributed by atoms with E-state index in [1.165, 1.54) is 0 Å². The second-order valence-corrected chi connectivity index (χ2v) is 6.43. The van der Waals surface area contributed by atoms with Crippen molar-refractivity contribution in [2.75, 3.05) is 17.7 Å². The van der Waals surface area contributed by atoms with Crippen molar-refractivity contribution in [1.29, 1.82) is 0 Å². The van der Waals surface area contributed by atoms with Crippen molar-refractivity contribution >= 4 is 39.1 Å². The van der Waals surface area contributed by atoms with Crippen LogP contribution < -0.4 is 15.4 Å². The molecule has 2 amide bonds. The van der Waals surface area contributed by atoms with Gasteiger partial charge in [0.15, 0.2) is 0 Å². The third kappa shape index (κ3) is 4.71. The van der Waals surface area contributed by atoms with E-state index in [1.807, 2.05) is 0 Å². The van der Waals surface area contributed by atoms with Gasteiger partial charge in [-0.3, -0.25) is 14.6 Å². The lowest BCUT2D eigenvalue weighted by molar-refractivity contribution is 0.101. The van der Waals surface area contributed by atoms with Gasteiger partial charge < -0.3 is 15.4 Å². The number of rotatable bonds is 5. The Labute approximate surface area is 164 Å². The summed E-state index contributed by atoms with van der Waals surface area (Å²) in [5.41, 5.74) is 2.11. The summed E-state index contributed by atoms with van der Waals surface area (Å²) >= 11 is 3.36. The van der Waals surface area contributed by atoms with E-state index in [-0.39, 0.29) is 11.8 Å². The van der Waals surface area contributed by atoms with Crippen LogP contribution in [0.25, 0.3) is 0 Å². The van der Waals surface area contributed by atoms with Crippen molar-refractivity contribution in [3.63, 3.8) is 0 Å². The van der Waals surface area contributed by atoms with E-state index in [1.54, 1.807) is 74.1 Å². The first-order valence-electron chi connectivity index (χ1n) is 8.03. The number of carbonyl (C=O) groups excluding carboxylic acids is 2. The number of ether oxygens (including phenoxy) is 1. The largest absolute Gasteiger partial charge is 0.497 e. The van der Waals surface area contributed by atoms with Gasteiger partial charge in [0.2, 0.25) is 0 Å². The van der Waals surface area contributed by atoms with Crippen LogP contribution in [-0.2, 0) is 0 Å². The molecule has 0 aliphatic carbocycles. The van der Waals surface area contributed by atoms with Crippen LogP contribution >= 0.6 is 15.9 Å². The summed E-state index contributed by atoms with van der Waals surface area (Å²) < 4.78 is 5.81. The molecule has 3 rings (SSSR count). The fourth-order valence-electron chi connectivity index (χ4n) is 2.35. The molecule has 0 spiro atoms. The number of carbonyl (C=O) groups is 2. The highest BCUT2D eigenvalue weighted by Crippen LogP contribution is 2.23. The number of nitrogens with one attached hydrogen (secondary N) is 2. The normalized spacial score (nSPS) is 10.1. The molecule has 2 aromatic carbocycles. The van der Waals surface area contributed by atoms with E-state index >= 15 is 0 Å². The smallest absolute Gasteiger partial charge is 0.256 e. The summed E-state index contributed by atoms with van der Waals surface area (Å²) in [7, 11) is 1.54. The zero-order chi connectivity index (χ0) is 19.2. The van der Waals surface area contributed by atoms with E-state index in [9.17, 15) is 9.59 Å². The molecule has 6 nitrogen and oxygen atoms in total. The molecule has 7 heteroatoms. The maximum Gasteiger partial charge on any atom is 0.256 e. The zero-order valence-corrected chi connectivity index (χ0v) is 16.0. The predicted octanol–water partition coefficient (Wildman–Crippen LogP) is 4.36. The van der Waals surface area contributed by atoms with Gasteiger partial charge >= 0.3 is 0 Å². The van der Waals surface area contributed by atoms with Crippen LogP contribution in [0, 0.1) is 0 Å². The summed E-state index contributed by atoms with van der Waals surface area (Å²) in [5, 5.41) is 5.56. The average molecular weight is 426 g/mol. The minimum absolute atomic E-state index is 0.253. The van der Waals surface area contributed by atoms with Crippen LogP contribution in [0.5, 0.6) is 5.75 Å².